The first kappa shape index (κ1) is 17.3. The normalized spacial score (nSPS) is 11.9. The fraction of sp³-hybridized carbons (Fsp3) is 0.278. The quantitative estimate of drug-likeness (QED) is 0.747. The van der Waals surface area contributed by atoms with Gasteiger partial charge in [0.15, 0.2) is 9.84 Å². The van der Waals surface area contributed by atoms with E-state index < -0.39 is 9.84 Å². The van der Waals surface area contributed by atoms with Crippen molar-refractivity contribution in [2.24, 2.45) is 0 Å². The molecule has 2 heterocycles. The van der Waals surface area contributed by atoms with Crippen LogP contribution in [0.25, 0.3) is 10.9 Å². The largest absolute Gasteiger partial charge is 0.489 e. The van der Waals surface area contributed by atoms with Crippen molar-refractivity contribution in [3.05, 3.63) is 42.2 Å². The highest BCUT2D eigenvalue weighted by atomic mass is 32.2. The molecule has 0 aliphatic carbocycles. The maximum atomic E-state index is 11.5. The third-order valence-electron chi connectivity index (χ3n) is 3.52. The van der Waals surface area contributed by atoms with Crippen molar-refractivity contribution in [1.82, 2.24) is 9.97 Å². The van der Waals surface area contributed by atoms with Crippen LogP contribution >= 0.6 is 0 Å². The third-order valence-corrected chi connectivity index (χ3v) is 4.62. The Morgan fingerprint density at radius 2 is 1.92 bits per heavy atom. The van der Waals surface area contributed by atoms with Crippen LogP contribution in [0.5, 0.6) is 17.4 Å². The number of aryl methyl sites for hydroxylation is 1. The molecule has 25 heavy (non-hydrogen) atoms. The van der Waals surface area contributed by atoms with Gasteiger partial charge >= 0.3 is 0 Å². The number of aromatic nitrogens is 2. The minimum absolute atomic E-state index is 0.0224. The summed E-state index contributed by atoms with van der Waals surface area (Å²) in [4.78, 5) is 7.50. The fourth-order valence-electron chi connectivity index (χ4n) is 2.50. The van der Waals surface area contributed by atoms with E-state index in [0.717, 1.165) is 22.9 Å². The van der Waals surface area contributed by atoms with Crippen LogP contribution in [-0.4, -0.2) is 30.7 Å². The number of fused-ring (bicyclic) bond motifs is 1. The van der Waals surface area contributed by atoms with E-state index in [-0.39, 0.29) is 11.0 Å². The zero-order valence-electron chi connectivity index (χ0n) is 14.5. The molecule has 7 heteroatoms. The van der Waals surface area contributed by atoms with Crippen molar-refractivity contribution in [2.45, 2.75) is 31.8 Å². The Kier molecular flexibility index (Phi) is 4.43. The minimum atomic E-state index is -3.28. The lowest BCUT2D eigenvalue weighted by molar-refractivity contribution is 0.244. The van der Waals surface area contributed by atoms with Gasteiger partial charge in [0, 0.05) is 35.7 Å². The Hall–Kier alpha value is -2.54. The van der Waals surface area contributed by atoms with Gasteiger partial charge in [0.05, 0.1) is 16.5 Å². The summed E-state index contributed by atoms with van der Waals surface area (Å²) in [6.07, 6.45) is 2.45. The minimum Gasteiger partial charge on any atom is -0.489 e. The second kappa shape index (κ2) is 6.40. The van der Waals surface area contributed by atoms with Gasteiger partial charge < -0.3 is 14.5 Å². The van der Waals surface area contributed by atoms with E-state index in [1.165, 1.54) is 18.3 Å². The number of H-pyrrole nitrogens is 1. The molecular formula is C18H20N2O4S. The number of nitrogens with one attached hydrogen (secondary N) is 1. The lowest BCUT2D eigenvalue weighted by Gasteiger charge is -2.13. The summed E-state index contributed by atoms with van der Waals surface area (Å²) >= 11 is 0. The number of sulfone groups is 1. The van der Waals surface area contributed by atoms with Crippen LogP contribution in [0.3, 0.4) is 0 Å². The van der Waals surface area contributed by atoms with Crippen molar-refractivity contribution in [2.75, 3.05) is 6.26 Å². The molecule has 0 amide bonds. The molecule has 0 aliphatic rings. The topological polar surface area (TPSA) is 81.3 Å². The highest BCUT2D eigenvalue weighted by molar-refractivity contribution is 7.90. The number of pyridine rings is 1. The van der Waals surface area contributed by atoms with Gasteiger partial charge in [-0.05, 0) is 39.0 Å². The average Bonchev–Trinajstić information content (AvgIpc) is 2.87. The molecular weight excluding hydrogens is 340 g/mol. The van der Waals surface area contributed by atoms with E-state index in [2.05, 4.69) is 9.97 Å². The summed E-state index contributed by atoms with van der Waals surface area (Å²) in [5.41, 5.74) is 1.94. The highest BCUT2D eigenvalue weighted by Crippen LogP contribution is 2.34. The predicted molar refractivity (Wildman–Crippen MR) is 96.2 cm³/mol. The van der Waals surface area contributed by atoms with Crippen LogP contribution in [0.4, 0.5) is 0 Å². The van der Waals surface area contributed by atoms with Gasteiger partial charge in [-0.25, -0.2) is 13.4 Å². The molecule has 0 bridgehead atoms. The molecule has 0 saturated carbocycles. The van der Waals surface area contributed by atoms with Gasteiger partial charge in [0.25, 0.3) is 0 Å². The average molecular weight is 360 g/mol. The van der Waals surface area contributed by atoms with Gasteiger partial charge in [-0.3, -0.25) is 0 Å². The molecule has 0 atom stereocenters. The van der Waals surface area contributed by atoms with Gasteiger partial charge in [0.1, 0.15) is 11.5 Å². The third kappa shape index (κ3) is 3.93. The molecule has 1 N–H and O–H groups in total. The summed E-state index contributed by atoms with van der Waals surface area (Å²) in [6.45, 7) is 5.90. The number of hydrogen-bond acceptors (Lipinski definition) is 5. The summed E-state index contributed by atoms with van der Waals surface area (Å²) in [5, 5.41) is 0.971. The second-order valence-electron chi connectivity index (χ2n) is 6.21. The molecule has 0 unspecified atom stereocenters. The molecule has 0 saturated heterocycles. The van der Waals surface area contributed by atoms with Crippen LogP contribution in [0.15, 0.2) is 41.4 Å². The van der Waals surface area contributed by atoms with E-state index in [9.17, 15) is 8.42 Å². The Morgan fingerprint density at radius 1 is 1.16 bits per heavy atom. The van der Waals surface area contributed by atoms with E-state index in [4.69, 9.17) is 9.47 Å². The predicted octanol–water partition coefficient (Wildman–Crippen LogP) is 3.85. The summed E-state index contributed by atoms with van der Waals surface area (Å²) in [5.74, 6) is 1.58. The monoisotopic (exact) mass is 360 g/mol. The van der Waals surface area contributed by atoms with Crippen molar-refractivity contribution in [1.29, 1.82) is 0 Å². The molecule has 0 aliphatic heterocycles. The Labute approximate surface area is 146 Å². The molecule has 0 fully saturated rings. The molecule has 1 aromatic carbocycles. The van der Waals surface area contributed by atoms with Gasteiger partial charge in [0.2, 0.25) is 5.88 Å². The van der Waals surface area contributed by atoms with Crippen molar-refractivity contribution < 1.29 is 17.9 Å². The lowest BCUT2D eigenvalue weighted by atomic mass is 10.2. The maximum Gasteiger partial charge on any atom is 0.219 e. The van der Waals surface area contributed by atoms with Crippen LogP contribution in [-0.2, 0) is 9.84 Å². The molecule has 2 aromatic heterocycles. The van der Waals surface area contributed by atoms with Crippen molar-refractivity contribution in [3.63, 3.8) is 0 Å². The number of ether oxygens (including phenoxy) is 2. The summed E-state index contributed by atoms with van der Waals surface area (Å²) < 4.78 is 34.7. The second-order valence-corrected chi connectivity index (χ2v) is 8.23. The molecule has 0 radical (unpaired) electrons. The lowest BCUT2D eigenvalue weighted by Crippen LogP contribution is -2.06. The molecule has 3 aromatic rings. The summed E-state index contributed by atoms with van der Waals surface area (Å²) in [7, 11) is -3.28. The van der Waals surface area contributed by atoms with Gasteiger partial charge in [-0.2, -0.15) is 0 Å². The number of rotatable bonds is 5. The van der Waals surface area contributed by atoms with Crippen LogP contribution < -0.4 is 9.47 Å². The fourth-order valence-corrected chi connectivity index (χ4v) is 3.06. The standard InChI is InChI=1S/C18H20N2O4S/c1-11(2)23-16-9-14(8-13-7-12(3)20-18(13)16)24-17-6-5-15(10-19-17)25(4,21)22/h5-11,20H,1-4H3. The number of benzene rings is 1. The smallest absolute Gasteiger partial charge is 0.219 e. The molecule has 0 spiro atoms. The first-order chi connectivity index (χ1) is 11.7. The number of aromatic amines is 1. The van der Waals surface area contributed by atoms with Crippen LogP contribution in [0.1, 0.15) is 19.5 Å². The van der Waals surface area contributed by atoms with E-state index in [0.29, 0.717) is 17.4 Å². The van der Waals surface area contributed by atoms with E-state index in [1.807, 2.05) is 32.9 Å². The van der Waals surface area contributed by atoms with Crippen LogP contribution in [0.2, 0.25) is 0 Å². The number of hydrogen-bond donors (Lipinski definition) is 1. The molecule has 6 nitrogen and oxygen atoms in total. The zero-order chi connectivity index (χ0) is 18.2. The van der Waals surface area contributed by atoms with Crippen molar-refractivity contribution >= 4 is 20.7 Å². The zero-order valence-corrected chi connectivity index (χ0v) is 15.3. The first-order valence-corrected chi connectivity index (χ1v) is 9.75. The van der Waals surface area contributed by atoms with Gasteiger partial charge in [-0.1, -0.05) is 0 Å². The first-order valence-electron chi connectivity index (χ1n) is 7.86. The Morgan fingerprint density at radius 3 is 2.52 bits per heavy atom. The SMILES string of the molecule is Cc1cc2cc(Oc3ccc(S(C)(=O)=O)cn3)cc(OC(C)C)c2[nH]1. The van der Waals surface area contributed by atoms with Crippen molar-refractivity contribution in [3.8, 4) is 17.4 Å². The van der Waals surface area contributed by atoms with E-state index >= 15 is 0 Å². The highest BCUT2D eigenvalue weighted by Gasteiger charge is 2.12. The summed E-state index contributed by atoms with van der Waals surface area (Å²) in [6, 6.07) is 8.70. The number of nitrogens with zero attached hydrogens (tertiary/aromatic N) is 1. The van der Waals surface area contributed by atoms with E-state index in [1.54, 1.807) is 6.07 Å². The Balaban J connectivity index is 1.95. The molecule has 3 rings (SSSR count). The maximum absolute atomic E-state index is 11.5. The molecule has 132 valence electrons. The van der Waals surface area contributed by atoms with Gasteiger partial charge in [-0.15, -0.1) is 0 Å². The Bertz CT molecular complexity index is 1010. The van der Waals surface area contributed by atoms with Crippen LogP contribution in [0, 0.1) is 6.92 Å².